The van der Waals surface area contributed by atoms with Gasteiger partial charge in [0.25, 0.3) is 0 Å². The molecule has 0 spiro atoms. The van der Waals surface area contributed by atoms with Crippen LogP contribution >= 0.6 is 23.2 Å². The van der Waals surface area contributed by atoms with Crippen LogP contribution in [0.1, 0.15) is 18.9 Å². The molecule has 3 heteroatoms. The largest absolute Gasteiger partial charge is 0.205 e. The van der Waals surface area contributed by atoms with Crippen LogP contribution in [0, 0.1) is 5.82 Å². The molecule has 0 aliphatic carbocycles. The van der Waals surface area contributed by atoms with Gasteiger partial charge in [-0.25, -0.2) is 4.39 Å². The van der Waals surface area contributed by atoms with Crippen LogP contribution in [0.25, 0.3) is 6.08 Å². The molecule has 0 nitrogen and oxygen atoms in total. The van der Waals surface area contributed by atoms with Crippen LogP contribution in [0.5, 0.6) is 0 Å². The maximum atomic E-state index is 13.0. The third-order valence-corrected chi connectivity index (χ3v) is 2.59. The van der Waals surface area contributed by atoms with E-state index in [4.69, 9.17) is 23.2 Å². The lowest BCUT2D eigenvalue weighted by atomic mass is 10.1. The van der Waals surface area contributed by atoms with Crippen molar-refractivity contribution < 1.29 is 4.39 Å². The van der Waals surface area contributed by atoms with Gasteiger partial charge in [0.2, 0.25) is 0 Å². The molecule has 0 aromatic heterocycles. The molecular formula is C11H11Cl2F. The van der Waals surface area contributed by atoms with Gasteiger partial charge in [-0.05, 0) is 24.1 Å². The Balaban J connectivity index is 2.97. The van der Waals surface area contributed by atoms with Crippen LogP contribution in [0.2, 0.25) is 5.02 Å². The lowest BCUT2D eigenvalue weighted by Gasteiger charge is -2.00. The molecular weight excluding hydrogens is 222 g/mol. The molecule has 0 unspecified atom stereocenters. The van der Waals surface area contributed by atoms with E-state index < -0.39 is 5.82 Å². The maximum absolute atomic E-state index is 13.0. The summed E-state index contributed by atoms with van der Waals surface area (Å²) in [5.74, 6) is 0.0752. The molecule has 0 atom stereocenters. The minimum atomic E-state index is -0.398. The second kappa shape index (κ2) is 5.38. The summed E-state index contributed by atoms with van der Waals surface area (Å²) < 4.78 is 13.0. The molecule has 0 bridgehead atoms. The average Bonchev–Trinajstić information content (AvgIpc) is 2.19. The maximum Gasteiger partial charge on any atom is 0.142 e. The van der Waals surface area contributed by atoms with Gasteiger partial charge in [0, 0.05) is 5.88 Å². The van der Waals surface area contributed by atoms with Gasteiger partial charge < -0.3 is 0 Å². The molecule has 0 aliphatic heterocycles. The van der Waals surface area contributed by atoms with Gasteiger partial charge in [0.15, 0.2) is 0 Å². The normalized spacial score (nSPS) is 11.9. The minimum Gasteiger partial charge on any atom is -0.205 e. The monoisotopic (exact) mass is 232 g/mol. The van der Waals surface area contributed by atoms with Crippen LogP contribution in [0.4, 0.5) is 4.39 Å². The van der Waals surface area contributed by atoms with Crippen molar-refractivity contribution in [3.8, 4) is 0 Å². The van der Waals surface area contributed by atoms with Crippen molar-refractivity contribution in [2.75, 3.05) is 5.88 Å². The fourth-order valence-electron chi connectivity index (χ4n) is 1.07. The Morgan fingerprint density at radius 2 is 2.21 bits per heavy atom. The van der Waals surface area contributed by atoms with E-state index in [0.29, 0.717) is 5.88 Å². The zero-order valence-corrected chi connectivity index (χ0v) is 9.37. The Kier molecular flexibility index (Phi) is 4.43. The van der Waals surface area contributed by atoms with Gasteiger partial charge in [-0.15, -0.1) is 11.6 Å². The summed E-state index contributed by atoms with van der Waals surface area (Å²) in [7, 11) is 0. The van der Waals surface area contributed by atoms with Crippen molar-refractivity contribution in [3.63, 3.8) is 0 Å². The van der Waals surface area contributed by atoms with Gasteiger partial charge in [0.1, 0.15) is 5.82 Å². The van der Waals surface area contributed by atoms with E-state index in [2.05, 4.69) is 0 Å². The Morgan fingerprint density at radius 1 is 1.50 bits per heavy atom. The first-order valence-electron chi connectivity index (χ1n) is 4.37. The molecule has 0 N–H and O–H groups in total. The van der Waals surface area contributed by atoms with Gasteiger partial charge in [-0.2, -0.15) is 0 Å². The van der Waals surface area contributed by atoms with E-state index in [1.54, 1.807) is 12.1 Å². The molecule has 0 fully saturated rings. The highest BCUT2D eigenvalue weighted by molar-refractivity contribution is 6.30. The SMILES string of the molecule is CCC(=Cc1ccc(Cl)c(F)c1)CCl. The van der Waals surface area contributed by atoms with Crippen LogP contribution < -0.4 is 0 Å². The molecule has 0 heterocycles. The highest BCUT2D eigenvalue weighted by Gasteiger charge is 1.99. The number of benzene rings is 1. The Hall–Kier alpha value is -0.530. The topological polar surface area (TPSA) is 0 Å². The summed E-state index contributed by atoms with van der Waals surface area (Å²) in [5.41, 5.74) is 1.87. The molecule has 0 saturated carbocycles. The van der Waals surface area contributed by atoms with Gasteiger partial charge >= 0.3 is 0 Å². The predicted molar refractivity (Wildman–Crippen MR) is 60.4 cm³/mol. The summed E-state index contributed by atoms with van der Waals surface area (Å²) >= 11 is 11.3. The van der Waals surface area contributed by atoms with Crippen LogP contribution in [-0.4, -0.2) is 5.88 Å². The first-order valence-corrected chi connectivity index (χ1v) is 5.29. The summed E-state index contributed by atoms with van der Waals surface area (Å²) in [4.78, 5) is 0. The number of hydrogen-bond acceptors (Lipinski definition) is 0. The van der Waals surface area contributed by atoms with Gasteiger partial charge in [-0.1, -0.05) is 36.2 Å². The average molecular weight is 233 g/mol. The molecule has 0 saturated heterocycles. The minimum absolute atomic E-state index is 0.145. The van der Waals surface area contributed by atoms with E-state index in [1.165, 1.54) is 6.07 Å². The molecule has 0 amide bonds. The molecule has 1 aromatic rings. The summed E-state index contributed by atoms with van der Waals surface area (Å²) in [6, 6.07) is 4.72. The molecule has 76 valence electrons. The summed E-state index contributed by atoms with van der Waals surface area (Å²) in [6.07, 6.45) is 2.75. The third kappa shape index (κ3) is 3.00. The zero-order chi connectivity index (χ0) is 10.6. The number of alkyl halides is 1. The Morgan fingerprint density at radius 3 is 2.71 bits per heavy atom. The van der Waals surface area contributed by atoms with Crippen molar-refractivity contribution in [1.82, 2.24) is 0 Å². The number of allylic oxidation sites excluding steroid dienone is 1. The van der Waals surface area contributed by atoms with Crippen molar-refractivity contribution in [2.45, 2.75) is 13.3 Å². The van der Waals surface area contributed by atoms with E-state index >= 15 is 0 Å². The molecule has 0 radical (unpaired) electrons. The first-order chi connectivity index (χ1) is 6.67. The number of hydrogen-bond donors (Lipinski definition) is 0. The lowest BCUT2D eigenvalue weighted by molar-refractivity contribution is 0.628. The van der Waals surface area contributed by atoms with Gasteiger partial charge in [-0.3, -0.25) is 0 Å². The fraction of sp³-hybridized carbons (Fsp3) is 0.273. The van der Waals surface area contributed by atoms with Crippen LogP contribution in [0.3, 0.4) is 0 Å². The van der Waals surface area contributed by atoms with Gasteiger partial charge in [0.05, 0.1) is 5.02 Å². The van der Waals surface area contributed by atoms with E-state index in [1.807, 2.05) is 13.0 Å². The quantitative estimate of drug-likeness (QED) is 0.673. The zero-order valence-electron chi connectivity index (χ0n) is 7.86. The van der Waals surface area contributed by atoms with Crippen molar-refractivity contribution in [3.05, 3.63) is 40.2 Å². The second-order valence-corrected chi connectivity index (χ2v) is 3.64. The highest BCUT2D eigenvalue weighted by atomic mass is 35.5. The molecule has 14 heavy (non-hydrogen) atoms. The van der Waals surface area contributed by atoms with Crippen molar-refractivity contribution in [1.29, 1.82) is 0 Å². The molecule has 0 aliphatic rings. The fourth-order valence-corrected chi connectivity index (χ4v) is 1.46. The smallest absolute Gasteiger partial charge is 0.142 e. The highest BCUT2D eigenvalue weighted by Crippen LogP contribution is 2.18. The second-order valence-electron chi connectivity index (χ2n) is 2.96. The van der Waals surface area contributed by atoms with Crippen LogP contribution in [-0.2, 0) is 0 Å². The van der Waals surface area contributed by atoms with Crippen molar-refractivity contribution >= 4 is 29.3 Å². The summed E-state index contributed by atoms with van der Waals surface area (Å²) in [6.45, 7) is 2.01. The molecule has 1 rings (SSSR count). The first kappa shape index (κ1) is 11.5. The summed E-state index contributed by atoms with van der Waals surface area (Å²) in [5, 5.41) is 0.145. The molecule has 1 aromatic carbocycles. The van der Waals surface area contributed by atoms with E-state index in [-0.39, 0.29) is 5.02 Å². The number of rotatable bonds is 3. The van der Waals surface area contributed by atoms with E-state index in [9.17, 15) is 4.39 Å². The lowest BCUT2D eigenvalue weighted by Crippen LogP contribution is -1.84. The van der Waals surface area contributed by atoms with Crippen LogP contribution in [0.15, 0.2) is 23.8 Å². The predicted octanol–water partition coefficient (Wildman–Crippen LogP) is 4.51. The standard InChI is InChI=1S/C11H11Cl2F/c1-2-8(7-12)5-9-3-4-10(13)11(14)6-9/h3-6H,2,7H2,1H3. The number of halogens is 3. The third-order valence-electron chi connectivity index (χ3n) is 1.94. The van der Waals surface area contributed by atoms with Crippen molar-refractivity contribution in [2.24, 2.45) is 0 Å². The Labute approximate surface area is 93.3 Å². The Bertz CT molecular complexity index is 339. The van der Waals surface area contributed by atoms with E-state index in [0.717, 1.165) is 17.6 Å².